The van der Waals surface area contributed by atoms with E-state index in [0.717, 1.165) is 51.5 Å². The zero-order valence-electron chi connectivity index (χ0n) is 13.6. The lowest BCUT2D eigenvalue weighted by Gasteiger charge is -2.39. The lowest BCUT2D eigenvalue weighted by molar-refractivity contribution is -0.134. The van der Waals surface area contributed by atoms with Crippen molar-refractivity contribution in [1.82, 2.24) is 19.4 Å². The summed E-state index contributed by atoms with van der Waals surface area (Å²) in [5, 5.41) is 0. The first kappa shape index (κ1) is 15.5. The molecule has 1 aromatic heterocycles. The van der Waals surface area contributed by atoms with Crippen molar-refractivity contribution in [2.24, 2.45) is 13.0 Å². The van der Waals surface area contributed by atoms with Gasteiger partial charge in [-0.15, -0.1) is 0 Å². The maximum absolute atomic E-state index is 12.5. The number of piperazine rings is 1. The standard InChI is InChI=1S/C16H26N4O2/c1-18-8-9-20(11-14(18)16-17-6-7-19(16)2)15(21)4-3-13-5-10-22-12-13/h6-7,13-14H,3-5,8-12H2,1-2H3/t13-,14+/m1/s1. The lowest BCUT2D eigenvalue weighted by atomic mass is 10.0. The topological polar surface area (TPSA) is 50.6 Å². The fourth-order valence-corrected chi connectivity index (χ4v) is 3.37. The smallest absolute Gasteiger partial charge is 0.222 e. The van der Waals surface area contributed by atoms with Gasteiger partial charge in [-0.3, -0.25) is 9.69 Å². The number of hydrogen-bond acceptors (Lipinski definition) is 4. The number of likely N-dealkylation sites (N-methyl/N-ethyl adjacent to an activating group) is 1. The van der Waals surface area contributed by atoms with Gasteiger partial charge in [0, 0.05) is 58.7 Å². The van der Waals surface area contributed by atoms with Gasteiger partial charge in [0.15, 0.2) is 0 Å². The highest BCUT2D eigenvalue weighted by atomic mass is 16.5. The molecule has 0 unspecified atom stereocenters. The highest BCUT2D eigenvalue weighted by Crippen LogP contribution is 2.24. The maximum atomic E-state index is 12.5. The molecule has 0 aliphatic carbocycles. The van der Waals surface area contributed by atoms with Crippen LogP contribution in [-0.2, 0) is 16.6 Å². The van der Waals surface area contributed by atoms with Crippen LogP contribution in [0.3, 0.4) is 0 Å². The molecular formula is C16H26N4O2. The van der Waals surface area contributed by atoms with Crippen molar-refractivity contribution in [3.63, 3.8) is 0 Å². The molecule has 22 heavy (non-hydrogen) atoms. The largest absolute Gasteiger partial charge is 0.381 e. The minimum absolute atomic E-state index is 0.188. The molecule has 2 aliphatic heterocycles. The van der Waals surface area contributed by atoms with Gasteiger partial charge in [0.1, 0.15) is 5.82 Å². The fourth-order valence-electron chi connectivity index (χ4n) is 3.37. The first-order chi connectivity index (χ1) is 10.6. The van der Waals surface area contributed by atoms with Crippen LogP contribution in [0, 0.1) is 5.92 Å². The number of rotatable bonds is 4. The molecule has 2 saturated heterocycles. The van der Waals surface area contributed by atoms with Crippen molar-refractivity contribution in [3.8, 4) is 0 Å². The Morgan fingerprint density at radius 3 is 2.95 bits per heavy atom. The van der Waals surface area contributed by atoms with Gasteiger partial charge in [-0.2, -0.15) is 0 Å². The summed E-state index contributed by atoms with van der Waals surface area (Å²) >= 11 is 0. The van der Waals surface area contributed by atoms with E-state index in [1.807, 2.05) is 28.9 Å². The van der Waals surface area contributed by atoms with E-state index in [2.05, 4.69) is 16.9 Å². The zero-order valence-corrected chi connectivity index (χ0v) is 13.6. The van der Waals surface area contributed by atoms with Gasteiger partial charge in [0.25, 0.3) is 0 Å². The van der Waals surface area contributed by atoms with Crippen LogP contribution in [-0.4, -0.2) is 65.2 Å². The second kappa shape index (κ2) is 6.79. The van der Waals surface area contributed by atoms with Crippen molar-refractivity contribution in [2.45, 2.75) is 25.3 Å². The summed E-state index contributed by atoms with van der Waals surface area (Å²) in [6.45, 7) is 4.13. The second-order valence-electron chi connectivity index (χ2n) is 6.50. The van der Waals surface area contributed by atoms with E-state index in [0.29, 0.717) is 12.3 Å². The van der Waals surface area contributed by atoms with E-state index < -0.39 is 0 Å². The van der Waals surface area contributed by atoms with Crippen LogP contribution in [0.1, 0.15) is 31.1 Å². The third-order valence-corrected chi connectivity index (χ3v) is 4.95. The molecule has 122 valence electrons. The molecule has 1 amide bonds. The highest BCUT2D eigenvalue weighted by molar-refractivity contribution is 5.76. The molecule has 1 aromatic rings. The summed E-state index contributed by atoms with van der Waals surface area (Å²) in [4.78, 5) is 21.3. The van der Waals surface area contributed by atoms with Gasteiger partial charge < -0.3 is 14.2 Å². The first-order valence-electron chi connectivity index (χ1n) is 8.18. The summed E-state index contributed by atoms with van der Waals surface area (Å²) in [6, 6.07) is 0.188. The van der Waals surface area contributed by atoms with Crippen LogP contribution in [0.15, 0.2) is 12.4 Å². The van der Waals surface area contributed by atoms with Gasteiger partial charge in [0.05, 0.1) is 6.04 Å². The van der Waals surface area contributed by atoms with Crippen LogP contribution in [0.4, 0.5) is 0 Å². The summed E-state index contributed by atoms with van der Waals surface area (Å²) in [5.41, 5.74) is 0. The number of imidazole rings is 1. The van der Waals surface area contributed by atoms with Crippen molar-refractivity contribution in [1.29, 1.82) is 0 Å². The van der Waals surface area contributed by atoms with Crippen molar-refractivity contribution < 1.29 is 9.53 Å². The quantitative estimate of drug-likeness (QED) is 0.834. The third kappa shape index (κ3) is 3.33. The van der Waals surface area contributed by atoms with E-state index in [1.165, 1.54) is 0 Å². The number of ether oxygens (including phenoxy) is 1. The molecule has 6 heteroatoms. The van der Waals surface area contributed by atoms with Crippen molar-refractivity contribution in [2.75, 3.05) is 39.9 Å². The molecule has 0 aromatic carbocycles. The molecule has 2 atom stereocenters. The van der Waals surface area contributed by atoms with Gasteiger partial charge in [0.2, 0.25) is 5.91 Å². The Morgan fingerprint density at radius 1 is 1.41 bits per heavy atom. The molecule has 2 aliphatic rings. The van der Waals surface area contributed by atoms with E-state index in [-0.39, 0.29) is 11.9 Å². The average Bonchev–Trinajstić information content (AvgIpc) is 3.17. The SMILES string of the molecule is CN1CCN(C(=O)CC[C@@H]2CCOC2)C[C@H]1c1nccn1C. The number of carbonyl (C=O) groups excluding carboxylic acids is 1. The molecule has 3 rings (SSSR count). The van der Waals surface area contributed by atoms with Gasteiger partial charge in [-0.05, 0) is 25.8 Å². The lowest BCUT2D eigenvalue weighted by Crippen LogP contribution is -2.49. The average molecular weight is 306 g/mol. The summed E-state index contributed by atoms with van der Waals surface area (Å²) in [7, 11) is 4.12. The Hall–Kier alpha value is -1.40. The normalized spacial score (nSPS) is 26.5. The number of aryl methyl sites for hydroxylation is 1. The zero-order chi connectivity index (χ0) is 15.5. The molecule has 6 nitrogen and oxygen atoms in total. The molecule has 2 fully saturated rings. The molecule has 0 radical (unpaired) electrons. The Bertz CT molecular complexity index is 510. The number of amides is 1. The van der Waals surface area contributed by atoms with Crippen LogP contribution in [0.5, 0.6) is 0 Å². The second-order valence-corrected chi connectivity index (χ2v) is 6.50. The van der Waals surface area contributed by atoms with Gasteiger partial charge in [-0.1, -0.05) is 0 Å². The Kier molecular flexibility index (Phi) is 4.78. The number of nitrogens with zero attached hydrogens (tertiary/aromatic N) is 4. The molecule has 0 N–H and O–H groups in total. The third-order valence-electron chi connectivity index (χ3n) is 4.95. The predicted octanol–water partition coefficient (Wildman–Crippen LogP) is 1.05. The van der Waals surface area contributed by atoms with Crippen molar-refractivity contribution in [3.05, 3.63) is 18.2 Å². The number of carbonyl (C=O) groups is 1. The van der Waals surface area contributed by atoms with Crippen LogP contribution < -0.4 is 0 Å². The minimum atomic E-state index is 0.188. The number of aromatic nitrogens is 2. The maximum Gasteiger partial charge on any atom is 0.222 e. The van der Waals surface area contributed by atoms with Gasteiger partial charge in [-0.25, -0.2) is 4.98 Å². The van der Waals surface area contributed by atoms with E-state index in [9.17, 15) is 4.79 Å². The summed E-state index contributed by atoms with van der Waals surface area (Å²) in [6.07, 6.45) is 6.49. The molecule has 0 bridgehead atoms. The predicted molar refractivity (Wildman–Crippen MR) is 83.3 cm³/mol. The Labute approximate surface area is 132 Å². The Balaban J connectivity index is 1.57. The number of hydrogen-bond donors (Lipinski definition) is 0. The monoisotopic (exact) mass is 306 g/mol. The van der Waals surface area contributed by atoms with Crippen LogP contribution >= 0.6 is 0 Å². The molecular weight excluding hydrogens is 280 g/mol. The first-order valence-corrected chi connectivity index (χ1v) is 8.18. The summed E-state index contributed by atoms with van der Waals surface area (Å²) in [5.74, 6) is 1.88. The fraction of sp³-hybridized carbons (Fsp3) is 0.750. The molecule has 3 heterocycles. The molecule has 0 spiro atoms. The highest BCUT2D eigenvalue weighted by Gasteiger charge is 2.30. The molecule has 0 saturated carbocycles. The van der Waals surface area contributed by atoms with Gasteiger partial charge >= 0.3 is 0 Å². The minimum Gasteiger partial charge on any atom is -0.381 e. The van der Waals surface area contributed by atoms with E-state index >= 15 is 0 Å². The van der Waals surface area contributed by atoms with Crippen molar-refractivity contribution >= 4 is 5.91 Å². The van der Waals surface area contributed by atoms with E-state index in [1.54, 1.807) is 0 Å². The van der Waals surface area contributed by atoms with E-state index in [4.69, 9.17) is 4.74 Å². The Morgan fingerprint density at radius 2 is 2.27 bits per heavy atom. The van der Waals surface area contributed by atoms with Crippen LogP contribution in [0.2, 0.25) is 0 Å². The van der Waals surface area contributed by atoms with Crippen LogP contribution in [0.25, 0.3) is 0 Å². The summed E-state index contributed by atoms with van der Waals surface area (Å²) < 4.78 is 7.43.